The molecule has 0 aliphatic carbocycles. The van der Waals surface area contributed by atoms with Crippen LogP contribution in [0.2, 0.25) is 5.15 Å². The number of thiazole rings is 1. The van der Waals surface area contributed by atoms with Crippen molar-refractivity contribution in [1.29, 1.82) is 0 Å². The number of hydrogen-bond donors (Lipinski definition) is 1. The molecule has 0 saturated heterocycles. The summed E-state index contributed by atoms with van der Waals surface area (Å²) >= 11 is 7.07. The van der Waals surface area contributed by atoms with E-state index in [1.807, 2.05) is 0 Å². The number of hydrogen-bond acceptors (Lipinski definition) is 6. The topological polar surface area (TPSA) is 60.5 Å². The molecule has 1 aromatic rings. The van der Waals surface area contributed by atoms with Crippen molar-refractivity contribution in [3.05, 3.63) is 10.0 Å². The molecule has 0 bridgehead atoms. The summed E-state index contributed by atoms with van der Waals surface area (Å²) < 4.78 is 9.75. The van der Waals surface area contributed by atoms with Crippen molar-refractivity contribution in [2.45, 2.75) is 25.8 Å². The summed E-state index contributed by atoms with van der Waals surface area (Å²) in [4.78, 5) is 15.8. The number of esters is 1. The second-order valence-corrected chi connectivity index (χ2v) is 5.07. The monoisotopic (exact) mass is 292 g/mol. The van der Waals surface area contributed by atoms with E-state index in [0.717, 1.165) is 12.8 Å². The average Bonchev–Trinajstić information content (AvgIpc) is 2.70. The van der Waals surface area contributed by atoms with Gasteiger partial charge in [0.05, 0.1) is 19.8 Å². The van der Waals surface area contributed by atoms with Crippen molar-refractivity contribution < 1.29 is 14.3 Å². The fourth-order valence-electron chi connectivity index (χ4n) is 1.50. The molecule has 0 radical (unpaired) electrons. The molecule has 1 heterocycles. The number of nitrogens with one attached hydrogen (secondary N) is 1. The lowest BCUT2D eigenvalue weighted by atomic mass is 10.2. The van der Waals surface area contributed by atoms with Gasteiger partial charge in [0.15, 0.2) is 15.2 Å². The highest BCUT2D eigenvalue weighted by atomic mass is 35.5. The maximum atomic E-state index is 11.4. The van der Waals surface area contributed by atoms with Gasteiger partial charge >= 0.3 is 5.97 Å². The summed E-state index contributed by atoms with van der Waals surface area (Å²) in [6, 6.07) is 0.160. The van der Waals surface area contributed by atoms with Crippen molar-refractivity contribution in [2.24, 2.45) is 0 Å². The van der Waals surface area contributed by atoms with Crippen LogP contribution in [-0.2, 0) is 9.47 Å². The fourth-order valence-corrected chi connectivity index (χ4v) is 2.68. The number of anilines is 1. The van der Waals surface area contributed by atoms with E-state index >= 15 is 0 Å². The van der Waals surface area contributed by atoms with E-state index in [0.29, 0.717) is 16.6 Å². The maximum Gasteiger partial charge on any atom is 0.351 e. The van der Waals surface area contributed by atoms with Crippen LogP contribution in [0.3, 0.4) is 0 Å². The molecule has 1 atom stereocenters. The molecular weight excluding hydrogens is 276 g/mol. The average molecular weight is 293 g/mol. The lowest BCUT2D eigenvalue weighted by molar-refractivity contribution is 0.0606. The van der Waals surface area contributed by atoms with Crippen molar-refractivity contribution >= 4 is 34.0 Å². The summed E-state index contributed by atoms with van der Waals surface area (Å²) in [6.45, 7) is 2.68. The zero-order valence-corrected chi connectivity index (χ0v) is 12.2. The van der Waals surface area contributed by atoms with E-state index in [1.54, 1.807) is 7.11 Å². The van der Waals surface area contributed by atoms with Gasteiger partial charge in [0.25, 0.3) is 0 Å². The summed E-state index contributed by atoms with van der Waals surface area (Å²) in [5.74, 6) is -0.468. The normalized spacial score (nSPS) is 12.2. The molecule has 1 aromatic heterocycles. The highest BCUT2D eigenvalue weighted by Crippen LogP contribution is 2.28. The predicted molar refractivity (Wildman–Crippen MR) is 72.7 cm³/mol. The van der Waals surface area contributed by atoms with E-state index in [4.69, 9.17) is 16.3 Å². The molecule has 7 heteroatoms. The number of nitrogens with zero attached hydrogens (tertiary/aromatic N) is 1. The van der Waals surface area contributed by atoms with Gasteiger partial charge in [-0.05, 0) is 6.42 Å². The first-order valence-electron chi connectivity index (χ1n) is 5.62. The number of carbonyl (C=O) groups is 1. The first kappa shape index (κ1) is 15.2. The van der Waals surface area contributed by atoms with Crippen molar-refractivity contribution in [2.75, 3.05) is 26.1 Å². The van der Waals surface area contributed by atoms with Gasteiger partial charge in [0.1, 0.15) is 0 Å². The highest BCUT2D eigenvalue weighted by molar-refractivity contribution is 7.18. The van der Waals surface area contributed by atoms with E-state index in [1.165, 1.54) is 18.4 Å². The maximum absolute atomic E-state index is 11.4. The molecule has 0 aromatic carbocycles. The number of aromatic nitrogens is 1. The van der Waals surface area contributed by atoms with Gasteiger partial charge in [-0.1, -0.05) is 36.3 Å². The Balaban J connectivity index is 2.74. The zero-order chi connectivity index (χ0) is 13.5. The van der Waals surface area contributed by atoms with Gasteiger partial charge in [0, 0.05) is 7.11 Å². The van der Waals surface area contributed by atoms with Crippen molar-refractivity contribution in [1.82, 2.24) is 4.98 Å². The van der Waals surface area contributed by atoms with Gasteiger partial charge in [-0.2, -0.15) is 0 Å². The summed E-state index contributed by atoms with van der Waals surface area (Å²) in [5, 5.41) is 3.99. The highest BCUT2D eigenvalue weighted by Gasteiger charge is 2.18. The van der Waals surface area contributed by atoms with Gasteiger partial charge in [-0.3, -0.25) is 0 Å². The quantitative estimate of drug-likeness (QED) is 0.783. The predicted octanol–water partition coefficient (Wildman–Crippen LogP) is 2.81. The van der Waals surface area contributed by atoms with Crippen LogP contribution < -0.4 is 5.32 Å². The molecule has 0 aliphatic heterocycles. The first-order valence-corrected chi connectivity index (χ1v) is 6.81. The molecule has 5 nitrogen and oxygen atoms in total. The Hall–Kier alpha value is -0.850. The molecule has 1 unspecified atom stereocenters. The minimum absolute atomic E-state index is 0.160. The largest absolute Gasteiger partial charge is 0.465 e. The van der Waals surface area contributed by atoms with E-state index in [2.05, 4.69) is 22.0 Å². The van der Waals surface area contributed by atoms with E-state index < -0.39 is 5.97 Å². The van der Waals surface area contributed by atoms with Crippen LogP contribution in [0.1, 0.15) is 29.4 Å². The van der Waals surface area contributed by atoms with Gasteiger partial charge < -0.3 is 14.8 Å². The summed E-state index contributed by atoms with van der Waals surface area (Å²) in [5.41, 5.74) is 0. The van der Waals surface area contributed by atoms with Crippen molar-refractivity contribution in [3.63, 3.8) is 0 Å². The number of methoxy groups -OCH3 is 2. The van der Waals surface area contributed by atoms with Crippen LogP contribution in [0.5, 0.6) is 0 Å². The van der Waals surface area contributed by atoms with Crippen LogP contribution in [0, 0.1) is 0 Å². The van der Waals surface area contributed by atoms with Crippen LogP contribution >= 0.6 is 22.9 Å². The van der Waals surface area contributed by atoms with E-state index in [9.17, 15) is 4.79 Å². The Morgan fingerprint density at radius 3 is 2.83 bits per heavy atom. The summed E-state index contributed by atoms with van der Waals surface area (Å²) in [7, 11) is 2.97. The Morgan fingerprint density at radius 2 is 2.28 bits per heavy atom. The fraction of sp³-hybridized carbons (Fsp3) is 0.636. The second-order valence-electron chi connectivity index (χ2n) is 3.72. The molecule has 1 rings (SSSR count). The molecule has 1 N–H and O–H groups in total. The van der Waals surface area contributed by atoms with Crippen LogP contribution in [0.25, 0.3) is 0 Å². The number of halogens is 1. The van der Waals surface area contributed by atoms with Gasteiger partial charge in [-0.15, -0.1) is 0 Å². The van der Waals surface area contributed by atoms with Gasteiger partial charge in [-0.25, -0.2) is 9.78 Å². The molecule has 18 heavy (non-hydrogen) atoms. The minimum atomic E-state index is -0.468. The summed E-state index contributed by atoms with van der Waals surface area (Å²) in [6.07, 6.45) is 1.99. The second kappa shape index (κ2) is 7.56. The minimum Gasteiger partial charge on any atom is -0.465 e. The van der Waals surface area contributed by atoms with E-state index in [-0.39, 0.29) is 11.2 Å². The lowest BCUT2D eigenvalue weighted by Crippen LogP contribution is -2.24. The first-order chi connectivity index (χ1) is 8.62. The Labute approximate surface area is 115 Å². The molecule has 0 amide bonds. The third kappa shape index (κ3) is 4.12. The Bertz CT molecular complexity index is 392. The zero-order valence-electron chi connectivity index (χ0n) is 10.7. The van der Waals surface area contributed by atoms with Crippen molar-refractivity contribution in [3.8, 4) is 0 Å². The Kier molecular flexibility index (Phi) is 6.38. The molecule has 0 saturated carbocycles. The standard InChI is InChI=1S/C11H17ClN2O3S/c1-4-5-7(6-16-2)13-11-14-9(12)8(18-11)10(15)17-3/h7H,4-6H2,1-3H3,(H,13,14). The van der Waals surface area contributed by atoms with Gasteiger partial charge in [0.2, 0.25) is 0 Å². The number of carbonyl (C=O) groups excluding carboxylic acids is 1. The number of ether oxygens (including phenoxy) is 2. The van der Waals surface area contributed by atoms with Crippen LogP contribution in [0.4, 0.5) is 5.13 Å². The molecule has 0 spiro atoms. The SMILES string of the molecule is CCCC(COC)Nc1nc(Cl)c(C(=O)OC)s1. The number of rotatable bonds is 7. The third-order valence-electron chi connectivity index (χ3n) is 2.29. The molecule has 0 fully saturated rings. The smallest absolute Gasteiger partial charge is 0.351 e. The molecular formula is C11H17ClN2O3S. The van der Waals surface area contributed by atoms with Crippen LogP contribution in [-0.4, -0.2) is 37.8 Å². The molecule has 0 aliphatic rings. The van der Waals surface area contributed by atoms with Crippen LogP contribution in [0.15, 0.2) is 0 Å². The molecule has 102 valence electrons. The Morgan fingerprint density at radius 1 is 1.56 bits per heavy atom. The lowest BCUT2D eigenvalue weighted by Gasteiger charge is -2.15. The third-order valence-corrected chi connectivity index (χ3v) is 3.64.